The molecule has 0 aliphatic heterocycles. The molecule has 3 nitrogen and oxygen atoms in total. The SMILES string of the molecule is COc1ccc(Br)cc1Cn1ccnc1CCl. The Morgan fingerprint density at radius 3 is 3.00 bits per heavy atom. The summed E-state index contributed by atoms with van der Waals surface area (Å²) in [5, 5.41) is 0. The van der Waals surface area contributed by atoms with Crippen LogP contribution < -0.4 is 4.74 Å². The predicted molar refractivity (Wildman–Crippen MR) is 71.6 cm³/mol. The Labute approximate surface area is 114 Å². The number of halogens is 2. The molecule has 0 aliphatic rings. The number of aromatic nitrogens is 2. The van der Waals surface area contributed by atoms with Crippen LogP contribution >= 0.6 is 27.5 Å². The standard InChI is InChI=1S/C12H12BrClN2O/c1-17-11-3-2-10(13)6-9(11)8-16-5-4-15-12(16)7-14/h2-6H,7-8H2,1H3. The van der Waals surface area contributed by atoms with Gasteiger partial charge in [-0.25, -0.2) is 4.98 Å². The van der Waals surface area contributed by atoms with Crippen molar-refractivity contribution in [2.75, 3.05) is 7.11 Å². The molecular weight excluding hydrogens is 304 g/mol. The highest BCUT2D eigenvalue weighted by molar-refractivity contribution is 9.10. The molecule has 0 bridgehead atoms. The van der Waals surface area contributed by atoms with E-state index in [-0.39, 0.29) is 0 Å². The van der Waals surface area contributed by atoms with Crippen molar-refractivity contribution in [3.05, 3.63) is 46.5 Å². The molecule has 1 heterocycles. The van der Waals surface area contributed by atoms with Gasteiger partial charge < -0.3 is 9.30 Å². The van der Waals surface area contributed by atoms with Gasteiger partial charge in [-0.05, 0) is 18.2 Å². The summed E-state index contributed by atoms with van der Waals surface area (Å²) in [5.74, 6) is 2.12. The summed E-state index contributed by atoms with van der Waals surface area (Å²) in [4.78, 5) is 4.19. The predicted octanol–water partition coefficient (Wildman–Crippen LogP) is 3.44. The molecule has 0 saturated heterocycles. The van der Waals surface area contributed by atoms with Crippen molar-refractivity contribution >= 4 is 27.5 Å². The highest BCUT2D eigenvalue weighted by atomic mass is 79.9. The quantitative estimate of drug-likeness (QED) is 0.808. The van der Waals surface area contributed by atoms with Gasteiger partial charge in [0.05, 0.1) is 19.5 Å². The minimum atomic E-state index is 0.406. The third-order valence-corrected chi connectivity index (χ3v) is 3.24. The Morgan fingerprint density at radius 1 is 1.47 bits per heavy atom. The Morgan fingerprint density at radius 2 is 2.29 bits per heavy atom. The topological polar surface area (TPSA) is 27.1 Å². The molecule has 17 heavy (non-hydrogen) atoms. The van der Waals surface area contributed by atoms with Crippen LogP contribution in [-0.2, 0) is 12.4 Å². The first-order chi connectivity index (χ1) is 8.24. The number of hydrogen-bond acceptors (Lipinski definition) is 2. The largest absolute Gasteiger partial charge is 0.496 e. The maximum absolute atomic E-state index is 5.82. The van der Waals surface area contributed by atoms with Crippen molar-refractivity contribution in [1.82, 2.24) is 9.55 Å². The van der Waals surface area contributed by atoms with Crippen LogP contribution in [0, 0.1) is 0 Å². The van der Waals surface area contributed by atoms with Crippen LogP contribution in [0.5, 0.6) is 5.75 Å². The van der Waals surface area contributed by atoms with Gasteiger partial charge in [0.15, 0.2) is 0 Å². The molecule has 0 aliphatic carbocycles. The van der Waals surface area contributed by atoms with E-state index >= 15 is 0 Å². The van der Waals surface area contributed by atoms with Crippen molar-refractivity contribution in [2.45, 2.75) is 12.4 Å². The molecule has 2 aromatic rings. The molecule has 5 heteroatoms. The van der Waals surface area contributed by atoms with Crippen molar-refractivity contribution in [3.63, 3.8) is 0 Å². The van der Waals surface area contributed by atoms with E-state index in [1.54, 1.807) is 13.3 Å². The number of hydrogen-bond donors (Lipinski definition) is 0. The molecule has 0 radical (unpaired) electrons. The van der Waals surface area contributed by atoms with Gasteiger partial charge in [-0.1, -0.05) is 15.9 Å². The van der Waals surface area contributed by atoms with Crippen LogP contribution in [0.1, 0.15) is 11.4 Å². The fourth-order valence-electron chi connectivity index (χ4n) is 1.67. The molecule has 0 fully saturated rings. The lowest BCUT2D eigenvalue weighted by molar-refractivity contribution is 0.408. The first-order valence-corrected chi connectivity index (χ1v) is 6.45. The van der Waals surface area contributed by atoms with Crippen LogP contribution in [0.2, 0.25) is 0 Å². The minimum absolute atomic E-state index is 0.406. The lowest BCUT2D eigenvalue weighted by atomic mass is 10.2. The van der Waals surface area contributed by atoms with Crippen molar-refractivity contribution < 1.29 is 4.74 Å². The second kappa shape index (κ2) is 5.56. The van der Waals surface area contributed by atoms with E-state index in [0.717, 1.165) is 21.6 Å². The van der Waals surface area contributed by atoms with E-state index in [1.807, 2.05) is 29.0 Å². The summed E-state index contributed by atoms with van der Waals surface area (Å²) in [6.07, 6.45) is 3.67. The number of rotatable bonds is 4. The lowest BCUT2D eigenvalue weighted by Gasteiger charge is -2.11. The highest BCUT2D eigenvalue weighted by Crippen LogP contribution is 2.24. The van der Waals surface area contributed by atoms with Gasteiger partial charge in [-0.15, -0.1) is 11.6 Å². The van der Waals surface area contributed by atoms with Gasteiger partial charge in [0.25, 0.3) is 0 Å². The van der Waals surface area contributed by atoms with Crippen molar-refractivity contribution in [1.29, 1.82) is 0 Å². The molecule has 0 spiro atoms. The maximum atomic E-state index is 5.82. The molecule has 1 aromatic heterocycles. The molecular formula is C12H12BrClN2O. The van der Waals surface area contributed by atoms with Crippen LogP contribution in [-0.4, -0.2) is 16.7 Å². The first-order valence-electron chi connectivity index (χ1n) is 5.13. The van der Waals surface area contributed by atoms with Gasteiger partial charge >= 0.3 is 0 Å². The van der Waals surface area contributed by atoms with E-state index in [4.69, 9.17) is 16.3 Å². The lowest BCUT2D eigenvalue weighted by Crippen LogP contribution is -2.04. The number of ether oxygens (including phenoxy) is 1. The normalized spacial score (nSPS) is 10.5. The summed E-state index contributed by atoms with van der Waals surface area (Å²) in [6, 6.07) is 5.94. The summed E-state index contributed by atoms with van der Waals surface area (Å²) >= 11 is 9.28. The van der Waals surface area contributed by atoms with E-state index < -0.39 is 0 Å². The summed E-state index contributed by atoms with van der Waals surface area (Å²) in [7, 11) is 1.67. The molecule has 0 unspecified atom stereocenters. The summed E-state index contributed by atoms with van der Waals surface area (Å²) in [6.45, 7) is 0.699. The average Bonchev–Trinajstić information content (AvgIpc) is 2.77. The zero-order chi connectivity index (χ0) is 12.3. The molecule has 0 atom stereocenters. The molecule has 2 rings (SSSR count). The third-order valence-electron chi connectivity index (χ3n) is 2.50. The molecule has 0 N–H and O–H groups in total. The maximum Gasteiger partial charge on any atom is 0.123 e. The van der Waals surface area contributed by atoms with E-state index in [0.29, 0.717) is 12.4 Å². The van der Waals surface area contributed by atoms with E-state index in [2.05, 4.69) is 20.9 Å². The molecule has 90 valence electrons. The number of methoxy groups -OCH3 is 1. The van der Waals surface area contributed by atoms with Crippen LogP contribution in [0.3, 0.4) is 0 Å². The van der Waals surface area contributed by atoms with Crippen molar-refractivity contribution in [2.24, 2.45) is 0 Å². The first kappa shape index (κ1) is 12.5. The van der Waals surface area contributed by atoms with Gasteiger partial charge in [0.2, 0.25) is 0 Å². The summed E-state index contributed by atoms with van der Waals surface area (Å²) < 4.78 is 8.37. The number of nitrogens with zero attached hydrogens (tertiary/aromatic N) is 2. The zero-order valence-corrected chi connectivity index (χ0v) is 11.7. The van der Waals surface area contributed by atoms with Gasteiger partial charge in [0, 0.05) is 22.4 Å². The molecule has 0 saturated carbocycles. The van der Waals surface area contributed by atoms with Gasteiger partial charge in [-0.2, -0.15) is 0 Å². The Hall–Kier alpha value is -1.00. The zero-order valence-electron chi connectivity index (χ0n) is 9.36. The molecule has 1 aromatic carbocycles. The third kappa shape index (κ3) is 2.82. The Kier molecular flexibility index (Phi) is 4.07. The van der Waals surface area contributed by atoms with Crippen LogP contribution in [0.25, 0.3) is 0 Å². The van der Waals surface area contributed by atoms with Crippen LogP contribution in [0.15, 0.2) is 35.1 Å². The second-order valence-corrected chi connectivity index (χ2v) is 4.74. The molecule has 0 amide bonds. The second-order valence-electron chi connectivity index (χ2n) is 3.56. The Bertz CT molecular complexity index is 513. The van der Waals surface area contributed by atoms with Crippen LogP contribution in [0.4, 0.5) is 0 Å². The summed E-state index contributed by atoms with van der Waals surface area (Å²) in [5.41, 5.74) is 1.09. The highest BCUT2D eigenvalue weighted by Gasteiger charge is 2.07. The minimum Gasteiger partial charge on any atom is -0.496 e. The number of benzene rings is 1. The number of imidazole rings is 1. The van der Waals surface area contributed by atoms with E-state index in [1.165, 1.54) is 0 Å². The smallest absolute Gasteiger partial charge is 0.123 e. The number of alkyl halides is 1. The monoisotopic (exact) mass is 314 g/mol. The van der Waals surface area contributed by atoms with E-state index in [9.17, 15) is 0 Å². The fourth-order valence-corrected chi connectivity index (χ4v) is 2.30. The van der Waals surface area contributed by atoms with Gasteiger partial charge in [0.1, 0.15) is 11.6 Å². The van der Waals surface area contributed by atoms with Gasteiger partial charge in [-0.3, -0.25) is 0 Å². The fraction of sp³-hybridized carbons (Fsp3) is 0.250. The van der Waals surface area contributed by atoms with Crippen molar-refractivity contribution in [3.8, 4) is 5.75 Å². The average molecular weight is 316 g/mol. The Balaban J connectivity index is 2.32.